The number of hydrogen-bond acceptors (Lipinski definition) is 3. The van der Waals surface area contributed by atoms with Crippen molar-refractivity contribution in [1.29, 1.82) is 0 Å². The molecule has 0 unspecified atom stereocenters. The van der Waals surface area contributed by atoms with Crippen LogP contribution in [0.4, 0.5) is 0 Å². The van der Waals surface area contributed by atoms with Gasteiger partial charge in [0.05, 0.1) is 0 Å². The van der Waals surface area contributed by atoms with E-state index in [-0.39, 0.29) is 0 Å². The average Bonchev–Trinajstić information content (AvgIpc) is 2.85. The predicted octanol–water partition coefficient (Wildman–Crippen LogP) is 10.4. The molecular formula is C30H63BO3. The van der Waals surface area contributed by atoms with Crippen molar-refractivity contribution < 1.29 is 14.0 Å². The second kappa shape index (κ2) is 31.0. The first-order chi connectivity index (χ1) is 16.8. The third-order valence-corrected chi connectivity index (χ3v) is 6.76. The van der Waals surface area contributed by atoms with E-state index in [0.29, 0.717) is 0 Å². The summed E-state index contributed by atoms with van der Waals surface area (Å²) in [6, 6.07) is 0. The minimum absolute atomic E-state index is 0.460. The summed E-state index contributed by atoms with van der Waals surface area (Å²) in [5, 5.41) is 0. The normalized spacial score (nSPS) is 11.4. The standard InChI is InChI=1S/C30H63BO3/c1-4-7-10-13-16-19-22-25-28-32-31(33-29-26-23-20-17-14-11-8-5-2)34-30-27-24-21-18-15-12-9-6-3/h4-30H2,1-3H3. The summed E-state index contributed by atoms with van der Waals surface area (Å²) in [4.78, 5) is 0. The quantitative estimate of drug-likeness (QED) is 0.0752. The molecule has 34 heavy (non-hydrogen) atoms. The second-order valence-corrected chi connectivity index (χ2v) is 10.3. The van der Waals surface area contributed by atoms with Crippen LogP contribution < -0.4 is 0 Å². The Balaban J connectivity index is 3.85. The summed E-state index contributed by atoms with van der Waals surface area (Å²) in [5.41, 5.74) is 0. The van der Waals surface area contributed by atoms with E-state index in [2.05, 4.69) is 20.8 Å². The third-order valence-electron chi connectivity index (χ3n) is 6.76. The largest absolute Gasteiger partial charge is 0.639 e. The van der Waals surface area contributed by atoms with Crippen molar-refractivity contribution in [2.24, 2.45) is 0 Å². The zero-order valence-electron chi connectivity index (χ0n) is 23.9. The SMILES string of the molecule is CCCCCCCCCCOB(OCCCCCCCCCC)OCCCCCCCCCC. The van der Waals surface area contributed by atoms with Gasteiger partial charge in [0.15, 0.2) is 0 Å². The van der Waals surface area contributed by atoms with Gasteiger partial charge < -0.3 is 14.0 Å². The van der Waals surface area contributed by atoms with Gasteiger partial charge in [0, 0.05) is 19.8 Å². The van der Waals surface area contributed by atoms with Crippen molar-refractivity contribution in [3.8, 4) is 0 Å². The van der Waals surface area contributed by atoms with Crippen LogP contribution in [0.3, 0.4) is 0 Å². The molecule has 3 nitrogen and oxygen atoms in total. The number of unbranched alkanes of at least 4 members (excludes halogenated alkanes) is 21. The maximum atomic E-state index is 5.99. The number of rotatable bonds is 30. The lowest BCUT2D eigenvalue weighted by Gasteiger charge is -2.15. The van der Waals surface area contributed by atoms with E-state index in [1.54, 1.807) is 0 Å². The minimum atomic E-state index is -0.460. The molecule has 4 heteroatoms. The van der Waals surface area contributed by atoms with E-state index in [4.69, 9.17) is 14.0 Å². The minimum Gasteiger partial charge on any atom is -0.386 e. The summed E-state index contributed by atoms with van der Waals surface area (Å²) in [6.07, 6.45) is 31.7. The summed E-state index contributed by atoms with van der Waals surface area (Å²) in [6.45, 7) is 9.11. The Morgan fingerprint density at radius 2 is 0.500 bits per heavy atom. The molecule has 0 aliphatic carbocycles. The van der Waals surface area contributed by atoms with Crippen molar-refractivity contribution in [1.82, 2.24) is 0 Å². The summed E-state index contributed by atoms with van der Waals surface area (Å²) in [7, 11) is -0.460. The monoisotopic (exact) mass is 482 g/mol. The maximum Gasteiger partial charge on any atom is 0.639 e. The van der Waals surface area contributed by atoms with E-state index in [1.165, 1.54) is 135 Å². The Morgan fingerprint density at radius 3 is 0.735 bits per heavy atom. The summed E-state index contributed by atoms with van der Waals surface area (Å²) < 4.78 is 18.0. The van der Waals surface area contributed by atoms with Crippen LogP contribution in [-0.2, 0) is 14.0 Å². The van der Waals surface area contributed by atoms with Gasteiger partial charge in [0.2, 0.25) is 0 Å². The fourth-order valence-corrected chi connectivity index (χ4v) is 4.39. The van der Waals surface area contributed by atoms with Crippen molar-refractivity contribution in [3.63, 3.8) is 0 Å². The Labute approximate surface area is 216 Å². The van der Waals surface area contributed by atoms with Gasteiger partial charge in [-0.15, -0.1) is 0 Å². The highest BCUT2D eigenvalue weighted by Gasteiger charge is 2.20. The Bertz CT molecular complexity index is 302. The lowest BCUT2D eigenvalue weighted by atomic mass is 10.1. The summed E-state index contributed by atoms with van der Waals surface area (Å²) >= 11 is 0. The van der Waals surface area contributed by atoms with E-state index < -0.39 is 7.32 Å². The van der Waals surface area contributed by atoms with Crippen LogP contribution in [0.2, 0.25) is 0 Å². The zero-order valence-corrected chi connectivity index (χ0v) is 23.9. The van der Waals surface area contributed by atoms with Gasteiger partial charge in [-0.2, -0.15) is 0 Å². The fraction of sp³-hybridized carbons (Fsp3) is 1.00. The first-order valence-corrected chi connectivity index (χ1v) is 15.7. The van der Waals surface area contributed by atoms with Crippen LogP contribution in [0, 0.1) is 0 Å². The van der Waals surface area contributed by atoms with Crippen LogP contribution in [0.1, 0.15) is 175 Å². The highest BCUT2D eigenvalue weighted by atomic mass is 16.7. The second-order valence-electron chi connectivity index (χ2n) is 10.3. The molecule has 0 spiro atoms. The van der Waals surface area contributed by atoms with Crippen LogP contribution in [0.15, 0.2) is 0 Å². The molecule has 0 heterocycles. The van der Waals surface area contributed by atoms with Gasteiger partial charge in [0.1, 0.15) is 0 Å². The molecule has 0 N–H and O–H groups in total. The van der Waals surface area contributed by atoms with Crippen LogP contribution in [0.5, 0.6) is 0 Å². The van der Waals surface area contributed by atoms with Crippen LogP contribution in [-0.4, -0.2) is 27.1 Å². The molecule has 0 saturated carbocycles. The molecule has 0 bridgehead atoms. The van der Waals surface area contributed by atoms with E-state index in [9.17, 15) is 0 Å². The topological polar surface area (TPSA) is 27.7 Å². The smallest absolute Gasteiger partial charge is 0.386 e. The Morgan fingerprint density at radius 1 is 0.294 bits per heavy atom. The first kappa shape index (κ1) is 33.9. The van der Waals surface area contributed by atoms with Gasteiger partial charge in [-0.3, -0.25) is 0 Å². The molecule has 0 aromatic heterocycles. The third kappa shape index (κ3) is 28.2. The molecule has 0 aliphatic rings. The molecule has 0 saturated heterocycles. The molecule has 0 amide bonds. The van der Waals surface area contributed by atoms with E-state index in [1.807, 2.05) is 0 Å². The summed E-state index contributed by atoms with van der Waals surface area (Å²) in [5.74, 6) is 0. The highest BCUT2D eigenvalue weighted by Crippen LogP contribution is 2.12. The molecule has 0 aromatic rings. The van der Waals surface area contributed by atoms with Gasteiger partial charge >= 0.3 is 7.32 Å². The van der Waals surface area contributed by atoms with E-state index in [0.717, 1.165) is 39.1 Å². The molecule has 0 aliphatic heterocycles. The highest BCUT2D eigenvalue weighted by molar-refractivity contribution is 6.36. The molecule has 0 fully saturated rings. The molecule has 0 aromatic carbocycles. The fourth-order valence-electron chi connectivity index (χ4n) is 4.39. The lowest BCUT2D eigenvalue weighted by Crippen LogP contribution is -2.28. The van der Waals surface area contributed by atoms with Gasteiger partial charge in [-0.05, 0) is 19.3 Å². The van der Waals surface area contributed by atoms with Crippen molar-refractivity contribution in [3.05, 3.63) is 0 Å². The van der Waals surface area contributed by atoms with Crippen molar-refractivity contribution in [2.75, 3.05) is 19.8 Å². The Hall–Kier alpha value is -0.0551. The number of hydrogen-bond donors (Lipinski definition) is 0. The van der Waals surface area contributed by atoms with Gasteiger partial charge in [0.25, 0.3) is 0 Å². The zero-order chi connectivity index (χ0) is 24.8. The average molecular weight is 483 g/mol. The first-order valence-electron chi connectivity index (χ1n) is 15.7. The van der Waals surface area contributed by atoms with Crippen LogP contribution in [0.25, 0.3) is 0 Å². The maximum absolute atomic E-state index is 5.99. The van der Waals surface area contributed by atoms with Crippen molar-refractivity contribution in [2.45, 2.75) is 175 Å². The van der Waals surface area contributed by atoms with E-state index >= 15 is 0 Å². The van der Waals surface area contributed by atoms with Crippen molar-refractivity contribution >= 4 is 7.32 Å². The molecule has 204 valence electrons. The molecule has 0 rings (SSSR count). The molecular weight excluding hydrogens is 419 g/mol. The lowest BCUT2D eigenvalue weighted by molar-refractivity contribution is 0.0885. The Kier molecular flexibility index (Phi) is 30.9. The molecule has 0 atom stereocenters. The van der Waals surface area contributed by atoms with Gasteiger partial charge in [-0.25, -0.2) is 0 Å². The predicted molar refractivity (Wildman–Crippen MR) is 151 cm³/mol. The van der Waals surface area contributed by atoms with Gasteiger partial charge in [-0.1, -0.05) is 156 Å². The van der Waals surface area contributed by atoms with Crippen LogP contribution >= 0.6 is 0 Å². The molecule has 0 radical (unpaired) electrons.